The fourth-order valence-electron chi connectivity index (χ4n) is 1.61. The van der Waals surface area contributed by atoms with Crippen molar-refractivity contribution in [2.45, 2.75) is 6.54 Å². The molecule has 0 saturated heterocycles. The summed E-state index contributed by atoms with van der Waals surface area (Å²) in [5, 5.41) is 17.3. The Morgan fingerprint density at radius 3 is 3.05 bits per heavy atom. The standard InChI is InChI=1S/C10H9N7O2/c11-9-8(15-19-16-9)10(18)12-5-7-14-13-6-3-1-2-4-17(6)7/h1-4H,5H2,(H2,11,16)(H,12,18). The van der Waals surface area contributed by atoms with Gasteiger partial charge in [-0.3, -0.25) is 9.20 Å². The van der Waals surface area contributed by atoms with Crippen LogP contribution in [-0.2, 0) is 6.54 Å². The summed E-state index contributed by atoms with van der Waals surface area (Å²) in [7, 11) is 0. The molecule has 0 aromatic carbocycles. The van der Waals surface area contributed by atoms with Gasteiger partial charge >= 0.3 is 0 Å². The van der Waals surface area contributed by atoms with E-state index < -0.39 is 5.91 Å². The van der Waals surface area contributed by atoms with Crippen LogP contribution in [0.15, 0.2) is 29.0 Å². The molecule has 0 atom stereocenters. The first kappa shape index (κ1) is 11.1. The molecule has 0 bridgehead atoms. The molecule has 96 valence electrons. The molecule has 0 spiro atoms. The van der Waals surface area contributed by atoms with Gasteiger partial charge in [0, 0.05) is 6.20 Å². The van der Waals surface area contributed by atoms with Crippen molar-refractivity contribution < 1.29 is 9.42 Å². The zero-order valence-corrected chi connectivity index (χ0v) is 9.65. The van der Waals surface area contributed by atoms with Crippen LogP contribution < -0.4 is 11.1 Å². The van der Waals surface area contributed by atoms with E-state index in [0.717, 1.165) is 0 Å². The first-order valence-electron chi connectivity index (χ1n) is 5.40. The monoisotopic (exact) mass is 259 g/mol. The Hall–Kier alpha value is -2.97. The van der Waals surface area contributed by atoms with Gasteiger partial charge in [-0.15, -0.1) is 10.2 Å². The fourth-order valence-corrected chi connectivity index (χ4v) is 1.61. The van der Waals surface area contributed by atoms with Gasteiger partial charge < -0.3 is 11.1 Å². The zero-order valence-electron chi connectivity index (χ0n) is 9.65. The van der Waals surface area contributed by atoms with Crippen LogP contribution in [0.5, 0.6) is 0 Å². The van der Waals surface area contributed by atoms with Crippen LogP contribution in [0.3, 0.4) is 0 Å². The maximum absolute atomic E-state index is 11.7. The van der Waals surface area contributed by atoms with Gasteiger partial charge in [-0.05, 0) is 22.4 Å². The highest BCUT2D eigenvalue weighted by atomic mass is 16.6. The SMILES string of the molecule is Nc1nonc1C(=O)NCc1nnc2ccccn12. The van der Waals surface area contributed by atoms with E-state index in [4.69, 9.17) is 5.73 Å². The molecule has 0 saturated carbocycles. The molecule has 1 amide bonds. The molecular formula is C10H9N7O2. The van der Waals surface area contributed by atoms with Gasteiger partial charge in [0.25, 0.3) is 5.91 Å². The van der Waals surface area contributed by atoms with Crippen molar-refractivity contribution in [1.82, 2.24) is 30.2 Å². The number of pyridine rings is 1. The maximum Gasteiger partial charge on any atom is 0.277 e. The van der Waals surface area contributed by atoms with Crippen molar-refractivity contribution in [3.63, 3.8) is 0 Å². The highest BCUT2D eigenvalue weighted by Crippen LogP contribution is 2.05. The number of amides is 1. The van der Waals surface area contributed by atoms with Gasteiger partial charge in [-0.2, -0.15) is 0 Å². The summed E-state index contributed by atoms with van der Waals surface area (Å²) in [6.07, 6.45) is 1.81. The van der Waals surface area contributed by atoms with Gasteiger partial charge in [0.2, 0.25) is 11.5 Å². The fraction of sp³-hybridized carbons (Fsp3) is 0.100. The topological polar surface area (TPSA) is 124 Å². The molecule has 3 N–H and O–H groups in total. The second kappa shape index (κ2) is 4.37. The van der Waals surface area contributed by atoms with E-state index in [1.54, 1.807) is 4.40 Å². The van der Waals surface area contributed by atoms with Crippen molar-refractivity contribution >= 4 is 17.4 Å². The first-order chi connectivity index (χ1) is 9.25. The van der Waals surface area contributed by atoms with E-state index >= 15 is 0 Å². The molecule has 3 aromatic rings. The molecule has 9 heteroatoms. The number of nitrogens with one attached hydrogen (secondary N) is 1. The Kier molecular flexibility index (Phi) is 2.56. The minimum Gasteiger partial charge on any atom is -0.379 e. The number of fused-ring (bicyclic) bond motifs is 1. The molecule has 3 aromatic heterocycles. The lowest BCUT2D eigenvalue weighted by Crippen LogP contribution is -2.25. The first-order valence-corrected chi connectivity index (χ1v) is 5.40. The Morgan fingerprint density at radius 2 is 2.26 bits per heavy atom. The lowest BCUT2D eigenvalue weighted by Gasteiger charge is -2.01. The molecule has 0 radical (unpaired) electrons. The summed E-state index contributed by atoms with van der Waals surface area (Å²) in [5.74, 6) is 0.0639. The minimum absolute atomic E-state index is 0.0474. The summed E-state index contributed by atoms with van der Waals surface area (Å²) >= 11 is 0. The average molecular weight is 259 g/mol. The smallest absolute Gasteiger partial charge is 0.277 e. The molecular weight excluding hydrogens is 250 g/mol. The normalized spacial score (nSPS) is 10.7. The third-order valence-electron chi connectivity index (χ3n) is 2.52. The highest BCUT2D eigenvalue weighted by Gasteiger charge is 2.16. The molecule has 0 aliphatic rings. The summed E-state index contributed by atoms with van der Waals surface area (Å²) in [6.45, 7) is 0.191. The predicted molar refractivity (Wildman–Crippen MR) is 62.9 cm³/mol. The molecule has 19 heavy (non-hydrogen) atoms. The molecule has 0 aliphatic carbocycles. The summed E-state index contributed by atoms with van der Waals surface area (Å²) in [4.78, 5) is 11.7. The average Bonchev–Trinajstić information content (AvgIpc) is 3.02. The van der Waals surface area contributed by atoms with E-state index in [9.17, 15) is 4.79 Å². The lowest BCUT2D eigenvalue weighted by atomic mass is 10.4. The van der Waals surface area contributed by atoms with Crippen molar-refractivity contribution in [3.8, 4) is 0 Å². The van der Waals surface area contributed by atoms with Crippen LogP contribution in [-0.4, -0.2) is 30.8 Å². The van der Waals surface area contributed by atoms with E-state index in [0.29, 0.717) is 11.5 Å². The number of anilines is 1. The summed E-state index contributed by atoms with van der Waals surface area (Å²) in [6, 6.07) is 5.52. The second-order valence-electron chi connectivity index (χ2n) is 3.73. The highest BCUT2D eigenvalue weighted by molar-refractivity contribution is 5.95. The van der Waals surface area contributed by atoms with Gasteiger partial charge in [-0.25, -0.2) is 4.63 Å². The Balaban J connectivity index is 1.76. The van der Waals surface area contributed by atoms with Crippen molar-refractivity contribution in [2.24, 2.45) is 0 Å². The molecule has 3 rings (SSSR count). The number of nitrogens with zero attached hydrogens (tertiary/aromatic N) is 5. The summed E-state index contributed by atoms with van der Waals surface area (Å²) in [5.41, 5.74) is 6.08. The van der Waals surface area contributed by atoms with Crippen LogP contribution in [0.25, 0.3) is 5.65 Å². The zero-order chi connectivity index (χ0) is 13.2. The number of hydrogen-bond acceptors (Lipinski definition) is 7. The van der Waals surface area contributed by atoms with Crippen molar-refractivity contribution in [2.75, 3.05) is 5.73 Å². The number of hydrogen-bond donors (Lipinski definition) is 2. The van der Waals surface area contributed by atoms with Gasteiger partial charge in [0.15, 0.2) is 11.5 Å². The Morgan fingerprint density at radius 1 is 1.37 bits per heavy atom. The van der Waals surface area contributed by atoms with Gasteiger partial charge in [-0.1, -0.05) is 6.07 Å². The van der Waals surface area contributed by atoms with Crippen LogP contribution in [0.1, 0.15) is 16.3 Å². The van der Waals surface area contributed by atoms with Gasteiger partial charge in [0.1, 0.15) is 0 Å². The molecule has 3 heterocycles. The number of nitrogens with two attached hydrogens (primary N) is 1. The van der Waals surface area contributed by atoms with Crippen LogP contribution >= 0.6 is 0 Å². The van der Waals surface area contributed by atoms with Crippen LogP contribution in [0.4, 0.5) is 5.82 Å². The van der Waals surface area contributed by atoms with E-state index in [1.807, 2.05) is 24.4 Å². The van der Waals surface area contributed by atoms with E-state index in [1.165, 1.54) is 0 Å². The third kappa shape index (κ3) is 1.97. The van der Waals surface area contributed by atoms with Crippen molar-refractivity contribution in [1.29, 1.82) is 0 Å². The van der Waals surface area contributed by atoms with E-state index in [-0.39, 0.29) is 18.1 Å². The summed E-state index contributed by atoms with van der Waals surface area (Å²) < 4.78 is 6.12. The number of nitrogen functional groups attached to an aromatic ring is 1. The number of carbonyl (C=O) groups excluding carboxylic acids is 1. The lowest BCUT2D eigenvalue weighted by molar-refractivity contribution is 0.0940. The van der Waals surface area contributed by atoms with Crippen molar-refractivity contribution in [3.05, 3.63) is 35.9 Å². The van der Waals surface area contributed by atoms with E-state index in [2.05, 4.69) is 30.5 Å². The third-order valence-corrected chi connectivity index (χ3v) is 2.52. The molecule has 0 fully saturated rings. The second-order valence-corrected chi connectivity index (χ2v) is 3.73. The maximum atomic E-state index is 11.7. The quantitative estimate of drug-likeness (QED) is 0.657. The van der Waals surface area contributed by atoms with Crippen LogP contribution in [0.2, 0.25) is 0 Å². The molecule has 0 unspecified atom stereocenters. The Labute approximate surface area is 106 Å². The largest absolute Gasteiger partial charge is 0.379 e. The predicted octanol–water partition coefficient (Wildman–Crippen LogP) is -0.376. The number of carbonyl (C=O) groups is 1. The van der Waals surface area contributed by atoms with Gasteiger partial charge in [0.05, 0.1) is 6.54 Å². The number of rotatable bonds is 3. The molecule has 0 aliphatic heterocycles. The molecule has 9 nitrogen and oxygen atoms in total. The minimum atomic E-state index is -0.480. The Bertz CT molecular complexity index is 732. The van der Waals surface area contributed by atoms with Crippen LogP contribution in [0, 0.1) is 0 Å². The number of aromatic nitrogens is 5.